The Morgan fingerprint density at radius 3 is 2.78 bits per heavy atom. The maximum absolute atomic E-state index is 11.7. The number of ether oxygens (including phenoxy) is 1. The molecule has 0 radical (unpaired) electrons. The van der Waals surface area contributed by atoms with E-state index < -0.39 is 0 Å². The summed E-state index contributed by atoms with van der Waals surface area (Å²) in [7, 11) is 1.60. The number of carbonyl (C=O) groups is 1. The first-order valence-electron chi connectivity index (χ1n) is 5.89. The molecule has 0 fully saturated rings. The van der Waals surface area contributed by atoms with Gasteiger partial charge in [0.05, 0.1) is 11.6 Å². The maximum atomic E-state index is 11.7. The van der Waals surface area contributed by atoms with Crippen molar-refractivity contribution in [1.29, 1.82) is 0 Å². The van der Waals surface area contributed by atoms with Gasteiger partial charge < -0.3 is 15.4 Å². The van der Waals surface area contributed by atoms with E-state index in [1.54, 1.807) is 13.2 Å². The van der Waals surface area contributed by atoms with Crippen LogP contribution in [0.5, 0.6) is 5.75 Å². The minimum absolute atomic E-state index is 0.00692. The summed E-state index contributed by atoms with van der Waals surface area (Å²) in [5.41, 5.74) is 0.740. The van der Waals surface area contributed by atoms with E-state index in [0.717, 1.165) is 10.2 Å². The number of hydrogen-bond acceptors (Lipinski definition) is 3. The van der Waals surface area contributed by atoms with Crippen molar-refractivity contribution in [2.75, 3.05) is 19.0 Å². The van der Waals surface area contributed by atoms with Gasteiger partial charge in [-0.05, 0) is 28.1 Å². The van der Waals surface area contributed by atoms with Gasteiger partial charge in [-0.1, -0.05) is 13.8 Å². The third-order valence-electron chi connectivity index (χ3n) is 2.34. The Morgan fingerprint density at radius 1 is 1.44 bits per heavy atom. The first-order chi connectivity index (χ1) is 8.52. The van der Waals surface area contributed by atoms with Gasteiger partial charge in [-0.15, -0.1) is 0 Å². The van der Waals surface area contributed by atoms with Crippen LogP contribution in [0.15, 0.2) is 22.7 Å². The second kappa shape index (κ2) is 7.38. The molecule has 0 atom stereocenters. The smallest absolute Gasteiger partial charge is 0.225 e. The van der Waals surface area contributed by atoms with Gasteiger partial charge in [0.2, 0.25) is 5.91 Å². The lowest BCUT2D eigenvalue weighted by Gasteiger charge is -2.10. The molecular formula is C13H19BrN2O2. The van der Waals surface area contributed by atoms with Gasteiger partial charge in [0, 0.05) is 30.8 Å². The first kappa shape index (κ1) is 15.0. The molecule has 1 aromatic rings. The van der Waals surface area contributed by atoms with E-state index in [9.17, 15) is 4.79 Å². The summed E-state index contributed by atoms with van der Waals surface area (Å²) in [4.78, 5) is 11.7. The monoisotopic (exact) mass is 314 g/mol. The molecule has 0 saturated carbocycles. The molecule has 2 N–H and O–H groups in total. The molecule has 100 valence electrons. The molecule has 0 heterocycles. The molecule has 0 spiro atoms. The molecule has 0 aromatic heterocycles. The zero-order valence-corrected chi connectivity index (χ0v) is 12.5. The van der Waals surface area contributed by atoms with E-state index in [-0.39, 0.29) is 5.91 Å². The predicted molar refractivity (Wildman–Crippen MR) is 77.1 cm³/mol. The van der Waals surface area contributed by atoms with Crippen LogP contribution in [0.1, 0.15) is 20.3 Å². The van der Waals surface area contributed by atoms with Gasteiger partial charge in [0.15, 0.2) is 0 Å². The fourth-order valence-corrected chi connectivity index (χ4v) is 1.84. The molecule has 0 bridgehead atoms. The molecule has 18 heavy (non-hydrogen) atoms. The van der Waals surface area contributed by atoms with E-state index in [4.69, 9.17) is 4.74 Å². The van der Waals surface area contributed by atoms with Crippen LogP contribution in [0, 0.1) is 0 Å². The fraction of sp³-hybridized carbons (Fsp3) is 0.462. The number of benzene rings is 1. The van der Waals surface area contributed by atoms with Crippen LogP contribution in [-0.4, -0.2) is 25.6 Å². The molecule has 4 nitrogen and oxygen atoms in total. The van der Waals surface area contributed by atoms with Crippen molar-refractivity contribution in [3.05, 3.63) is 22.7 Å². The first-order valence-corrected chi connectivity index (χ1v) is 6.69. The van der Waals surface area contributed by atoms with Crippen molar-refractivity contribution < 1.29 is 9.53 Å². The van der Waals surface area contributed by atoms with Crippen molar-refractivity contribution in [2.45, 2.75) is 26.3 Å². The van der Waals surface area contributed by atoms with Crippen LogP contribution < -0.4 is 15.4 Å². The highest BCUT2D eigenvalue weighted by Gasteiger charge is 2.05. The summed E-state index contributed by atoms with van der Waals surface area (Å²) in [6.07, 6.45) is 0.455. The van der Waals surface area contributed by atoms with Crippen molar-refractivity contribution >= 4 is 27.5 Å². The SMILES string of the molecule is COc1cc(NC(=O)CCNC(C)C)ccc1Br. The van der Waals surface area contributed by atoms with Crippen molar-refractivity contribution in [3.63, 3.8) is 0 Å². The summed E-state index contributed by atoms with van der Waals surface area (Å²) in [5.74, 6) is 0.695. The summed E-state index contributed by atoms with van der Waals surface area (Å²) >= 11 is 3.37. The summed E-state index contributed by atoms with van der Waals surface area (Å²) in [6, 6.07) is 5.87. The molecule has 0 unspecified atom stereocenters. The Kier molecular flexibility index (Phi) is 6.15. The summed E-state index contributed by atoms with van der Waals surface area (Å²) in [5, 5.41) is 6.04. The number of hydrogen-bond donors (Lipinski definition) is 2. The zero-order chi connectivity index (χ0) is 13.5. The van der Waals surface area contributed by atoms with Crippen molar-refractivity contribution in [1.82, 2.24) is 5.32 Å². The molecule has 5 heteroatoms. The second-order valence-electron chi connectivity index (χ2n) is 4.26. The maximum Gasteiger partial charge on any atom is 0.225 e. The van der Waals surface area contributed by atoms with E-state index in [1.807, 2.05) is 12.1 Å². The predicted octanol–water partition coefficient (Wildman–Crippen LogP) is 2.78. The molecule has 0 saturated heterocycles. The zero-order valence-electron chi connectivity index (χ0n) is 10.9. The Bertz CT molecular complexity index is 408. The highest BCUT2D eigenvalue weighted by atomic mass is 79.9. The van der Waals surface area contributed by atoms with Crippen LogP contribution in [0.2, 0.25) is 0 Å². The lowest BCUT2D eigenvalue weighted by atomic mass is 10.3. The average molecular weight is 315 g/mol. The van der Waals surface area contributed by atoms with Gasteiger partial charge >= 0.3 is 0 Å². The van der Waals surface area contributed by atoms with Gasteiger partial charge in [-0.2, -0.15) is 0 Å². The number of nitrogens with one attached hydrogen (secondary N) is 2. The van der Waals surface area contributed by atoms with Crippen molar-refractivity contribution in [3.8, 4) is 5.75 Å². The average Bonchev–Trinajstić information content (AvgIpc) is 2.31. The largest absolute Gasteiger partial charge is 0.495 e. The third-order valence-corrected chi connectivity index (χ3v) is 2.99. The number of anilines is 1. The van der Waals surface area contributed by atoms with Crippen LogP contribution in [0.4, 0.5) is 5.69 Å². The highest BCUT2D eigenvalue weighted by molar-refractivity contribution is 9.10. The van der Waals surface area contributed by atoms with Gasteiger partial charge in [-0.25, -0.2) is 0 Å². The molecule has 0 aliphatic rings. The molecule has 0 aliphatic heterocycles. The van der Waals surface area contributed by atoms with Crippen LogP contribution in [0.3, 0.4) is 0 Å². The van der Waals surface area contributed by atoms with Crippen LogP contribution in [0.25, 0.3) is 0 Å². The lowest BCUT2D eigenvalue weighted by Crippen LogP contribution is -2.27. The number of amides is 1. The highest BCUT2D eigenvalue weighted by Crippen LogP contribution is 2.27. The summed E-state index contributed by atoms with van der Waals surface area (Å²) in [6.45, 7) is 4.78. The van der Waals surface area contributed by atoms with Gasteiger partial charge in [0.25, 0.3) is 0 Å². The van der Waals surface area contributed by atoms with Crippen LogP contribution in [-0.2, 0) is 4.79 Å². The minimum atomic E-state index is -0.00692. The number of rotatable bonds is 6. The van der Waals surface area contributed by atoms with E-state index >= 15 is 0 Å². The molecule has 0 aliphatic carbocycles. The Morgan fingerprint density at radius 2 is 2.17 bits per heavy atom. The Labute approximate surface area is 116 Å². The van der Waals surface area contributed by atoms with Gasteiger partial charge in [-0.3, -0.25) is 4.79 Å². The Hall–Kier alpha value is -1.07. The van der Waals surface area contributed by atoms with E-state index in [2.05, 4.69) is 40.4 Å². The van der Waals surface area contributed by atoms with E-state index in [1.165, 1.54) is 0 Å². The molecule has 1 aromatic carbocycles. The normalized spacial score (nSPS) is 10.5. The molecular weight excluding hydrogens is 296 g/mol. The lowest BCUT2D eigenvalue weighted by molar-refractivity contribution is -0.116. The minimum Gasteiger partial charge on any atom is -0.495 e. The second-order valence-corrected chi connectivity index (χ2v) is 5.11. The Balaban J connectivity index is 2.49. The topological polar surface area (TPSA) is 50.4 Å². The number of halogens is 1. The third kappa shape index (κ3) is 5.06. The number of carbonyl (C=O) groups excluding carboxylic acids is 1. The fourth-order valence-electron chi connectivity index (χ4n) is 1.44. The quantitative estimate of drug-likeness (QED) is 0.849. The number of methoxy groups -OCH3 is 1. The summed E-state index contributed by atoms with van der Waals surface area (Å²) < 4.78 is 6.03. The van der Waals surface area contributed by atoms with Gasteiger partial charge in [0.1, 0.15) is 5.75 Å². The molecule has 1 rings (SSSR count). The molecule has 1 amide bonds. The standard InChI is InChI=1S/C13H19BrN2O2/c1-9(2)15-7-6-13(17)16-10-4-5-11(14)12(8-10)18-3/h4-5,8-9,15H,6-7H2,1-3H3,(H,16,17). The van der Waals surface area contributed by atoms with Crippen LogP contribution >= 0.6 is 15.9 Å². The van der Waals surface area contributed by atoms with Crippen molar-refractivity contribution in [2.24, 2.45) is 0 Å². The van der Waals surface area contributed by atoms with E-state index in [0.29, 0.717) is 24.8 Å².